The van der Waals surface area contributed by atoms with Crippen molar-refractivity contribution in [3.63, 3.8) is 0 Å². The fraction of sp³-hybridized carbons (Fsp3) is 0.278. The lowest BCUT2D eigenvalue weighted by molar-refractivity contribution is 0.604. The van der Waals surface area contributed by atoms with Crippen molar-refractivity contribution in [2.75, 3.05) is 12.8 Å². The molecular formula is C18H22FN3S. The Morgan fingerprint density at radius 1 is 1.09 bits per heavy atom. The molecule has 0 atom stereocenters. The van der Waals surface area contributed by atoms with E-state index >= 15 is 0 Å². The molecule has 0 aliphatic carbocycles. The second kappa shape index (κ2) is 9.20. The molecule has 0 spiro atoms. The molecule has 5 heteroatoms. The zero-order chi connectivity index (χ0) is 16.5. The highest BCUT2D eigenvalue weighted by Crippen LogP contribution is 2.15. The first-order valence-electron chi connectivity index (χ1n) is 7.61. The van der Waals surface area contributed by atoms with E-state index in [0.29, 0.717) is 24.6 Å². The smallest absolute Gasteiger partial charge is 0.191 e. The third-order valence-corrected chi connectivity index (χ3v) is 4.07. The molecule has 0 aliphatic rings. The van der Waals surface area contributed by atoms with Gasteiger partial charge in [0.15, 0.2) is 5.96 Å². The normalized spacial score (nSPS) is 11.3. The molecule has 122 valence electrons. The number of nitrogens with zero attached hydrogens (tertiary/aromatic N) is 1. The summed E-state index contributed by atoms with van der Waals surface area (Å²) in [5.74, 6) is 0.480. The molecule has 0 heterocycles. The van der Waals surface area contributed by atoms with Crippen molar-refractivity contribution in [2.24, 2.45) is 4.99 Å². The molecule has 2 N–H and O–H groups in total. The van der Waals surface area contributed by atoms with Gasteiger partial charge in [0, 0.05) is 23.5 Å². The van der Waals surface area contributed by atoms with E-state index in [4.69, 9.17) is 0 Å². The van der Waals surface area contributed by atoms with E-state index in [1.54, 1.807) is 23.9 Å². The van der Waals surface area contributed by atoms with Crippen LogP contribution in [-0.4, -0.2) is 18.8 Å². The Labute approximate surface area is 141 Å². The molecule has 0 fully saturated rings. The topological polar surface area (TPSA) is 36.4 Å². The predicted molar refractivity (Wildman–Crippen MR) is 96.3 cm³/mol. The number of aliphatic imine (C=N–C) groups is 1. The third kappa shape index (κ3) is 5.60. The summed E-state index contributed by atoms with van der Waals surface area (Å²) in [6.45, 7) is 3.76. The van der Waals surface area contributed by atoms with Crippen LogP contribution < -0.4 is 10.6 Å². The van der Waals surface area contributed by atoms with Gasteiger partial charge in [-0.15, -0.1) is 11.8 Å². The van der Waals surface area contributed by atoms with E-state index in [0.717, 1.165) is 12.1 Å². The average Bonchev–Trinajstić information content (AvgIpc) is 2.59. The minimum Gasteiger partial charge on any atom is -0.357 e. The summed E-state index contributed by atoms with van der Waals surface area (Å²) in [7, 11) is 0. The van der Waals surface area contributed by atoms with Gasteiger partial charge in [0.1, 0.15) is 5.82 Å². The summed E-state index contributed by atoms with van der Waals surface area (Å²) in [5.41, 5.74) is 1.77. The Morgan fingerprint density at radius 2 is 1.83 bits per heavy atom. The summed E-state index contributed by atoms with van der Waals surface area (Å²) in [6, 6.07) is 15.1. The zero-order valence-corrected chi connectivity index (χ0v) is 14.3. The summed E-state index contributed by atoms with van der Waals surface area (Å²) >= 11 is 1.72. The maximum absolute atomic E-state index is 13.6. The quantitative estimate of drug-likeness (QED) is 0.480. The molecular weight excluding hydrogens is 309 g/mol. The van der Waals surface area contributed by atoms with Gasteiger partial charge >= 0.3 is 0 Å². The van der Waals surface area contributed by atoms with E-state index in [-0.39, 0.29) is 5.82 Å². The number of guanidine groups is 1. The predicted octanol–water partition coefficient (Wildman–Crippen LogP) is 3.80. The van der Waals surface area contributed by atoms with Gasteiger partial charge in [0.25, 0.3) is 0 Å². The van der Waals surface area contributed by atoms with Gasteiger partial charge in [-0.25, -0.2) is 9.38 Å². The van der Waals surface area contributed by atoms with Gasteiger partial charge in [-0.1, -0.05) is 30.3 Å². The molecule has 0 bridgehead atoms. The molecule has 2 aromatic rings. The van der Waals surface area contributed by atoms with Crippen LogP contribution >= 0.6 is 11.8 Å². The molecule has 0 saturated heterocycles. The first kappa shape index (κ1) is 17.3. The Balaban J connectivity index is 1.97. The average molecular weight is 331 g/mol. The Hall–Kier alpha value is -2.01. The first-order chi connectivity index (χ1) is 11.2. The molecule has 0 radical (unpaired) electrons. The highest BCUT2D eigenvalue weighted by Gasteiger charge is 2.02. The van der Waals surface area contributed by atoms with Crippen molar-refractivity contribution in [3.8, 4) is 0 Å². The van der Waals surface area contributed by atoms with Crippen LogP contribution in [0.4, 0.5) is 4.39 Å². The van der Waals surface area contributed by atoms with Crippen LogP contribution in [0.5, 0.6) is 0 Å². The van der Waals surface area contributed by atoms with E-state index < -0.39 is 0 Å². The molecule has 0 saturated carbocycles. The standard InChI is InChI=1S/C18H22FN3S/c1-3-20-18(22-13-15-6-4-5-7-17(15)19)21-12-14-8-10-16(23-2)11-9-14/h4-11H,3,12-13H2,1-2H3,(H2,20,21,22). The van der Waals surface area contributed by atoms with Crippen LogP contribution in [0.15, 0.2) is 58.4 Å². The summed E-state index contributed by atoms with van der Waals surface area (Å²) in [4.78, 5) is 5.79. The molecule has 0 aliphatic heterocycles. The van der Waals surface area contributed by atoms with Crippen molar-refractivity contribution in [2.45, 2.75) is 24.9 Å². The Kier molecular flexibility index (Phi) is 6.94. The second-order valence-electron chi connectivity index (χ2n) is 4.99. The van der Waals surface area contributed by atoms with Gasteiger partial charge in [-0.05, 0) is 36.9 Å². The SMILES string of the molecule is CCNC(=NCc1ccc(SC)cc1)NCc1ccccc1F. The van der Waals surface area contributed by atoms with Crippen molar-refractivity contribution in [3.05, 3.63) is 65.5 Å². The molecule has 2 rings (SSSR count). The van der Waals surface area contributed by atoms with Crippen molar-refractivity contribution in [1.29, 1.82) is 0 Å². The lowest BCUT2D eigenvalue weighted by Crippen LogP contribution is -2.37. The molecule has 0 amide bonds. The lowest BCUT2D eigenvalue weighted by atomic mass is 10.2. The zero-order valence-electron chi connectivity index (χ0n) is 13.5. The van der Waals surface area contributed by atoms with E-state index in [1.165, 1.54) is 11.0 Å². The number of hydrogen-bond donors (Lipinski definition) is 2. The summed E-state index contributed by atoms with van der Waals surface area (Å²) < 4.78 is 13.6. The largest absolute Gasteiger partial charge is 0.357 e. The minimum atomic E-state index is -0.205. The van der Waals surface area contributed by atoms with Gasteiger partial charge in [-0.2, -0.15) is 0 Å². The van der Waals surface area contributed by atoms with E-state index in [9.17, 15) is 4.39 Å². The van der Waals surface area contributed by atoms with Crippen LogP contribution in [0.25, 0.3) is 0 Å². The molecule has 23 heavy (non-hydrogen) atoms. The van der Waals surface area contributed by atoms with Gasteiger partial charge in [0.05, 0.1) is 6.54 Å². The number of rotatable bonds is 6. The fourth-order valence-corrected chi connectivity index (χ4v) is 2.47. The number of halogens is 1. The maximum Gasteiger partial charge on any atom is 0.191 e. The van der Waals surface area contributed by atoms with Crippen molar-refractivity contribution >= 4 is 17.7 Å². The second-order valence-corrected chi connectivity index (χ2v) is 5.87. The van der Waals surface area contributed by atoms with Crippen LogP contribution in [0, 0.1) is 5.82 Å². The molecule has 3 nitrogen and oxygen atoms in total. The van der Waals surface area contributed by atoms with Crippen molar-refractivity contribution < 1.29 is 4.39 Å². The van der Waals surface area contributed by atoms with Crippen LogP contribution in [-0.2, 0) is 13.1 Å². The molecule has 2 aromatic carbocycles. The Bertz CT molecular complexity index is 641. The van der Waals surface area contributed by atoms with Gasteiger partial charge in [-0.3, -0.25) is 0 Å². The van der Waals surface area contributed by atoms with Crippen LogP contribution in [0.3, 0.4) is 0 Å². The summed E-state index contributed by atoms with van der Waals surface area (Å²) in [5, 5.41) is 6.34. The number of benzene rings is 2. The van der Waals surface area contributed by atoms with Gasteiger partial charge in [0.2, 0.25) is 0 Å². The fourth-order valence-electron chi connectivity index (χ4n) is 2.06. The lowest BCUT2D eigenvalue weighted by Gasteiger charge is -2.12. The minimum absolute atomic E-state index is 0.205. The molecule has 0 unspecified atom stereocenters. The van der Waals surface area contributed by atoms with Crippen LogP contribution in [0.1, 0.15) is 18.1 Å². The highest BCUT2D eigenvalue weighted by atomic mass is 32.2. The van der Waals surface area contributed by atoms with Gasteiger partial charge < -0.3 is 10.6 Å². The molecule has 0 aromatic heterocycles. The van der Waals surface area contributed by atoms with E-state index in [2.05, 4.69) is 46.1 Å². The number of nitrogens with one attached hydrogen (secondary N) is 2. The number of hydrogen-bond acceptors (Lipinski definition) is 2. The van der Waals surface area contributed by atoms with E-state index in [1.807, 2.05) is 13.0 Å². The monoisotopic (exact) mass is 331 g/mol. The van der Waals surface area contributed by atoms with Crippen molar-refractivity contribution in [1.82, 2.24) is 10.6 Å². The summed E-state index contributed by atoms with van der Waals surface area (Å²) in [6.07, 6.45) is 2.06. The highest BCUT2D eigenvalue weighted by molar-refractivity contribution is 7.98. The van der Waals surface area contributed by atoms with Crippen LogP contribution in [0.2, 0.25) is 0 Å². The first-order valence-corrected chi connectivity index (χ1v) is 8.84. The maximum atomic E-state index is 13.6. The number of thioether (sulfide) groups is 1. The third-order valence-electron chi connectivity index (χ3n) is 3.33. The Morgan fingerprint density at radius 3 is 2.48 bits per heavy atom.